The van der Waals surface area contributed by atoms with Crippen molar-refractivity contribution in [3.63, 3.8) is 0 Å². The van der Waals surface area contributed by atoms with Crippen molar-refractivity contribution in [3.05, 3.63) is 59.8 Å². The van der Waals surface area contributed by atoms with Crippen LogP contribution in [0.4, 0.5) is 11.5 Å². The second kappa shape index (κ2) is 4.98. The molecule has 0 aliphatic rings. The number of anilines is 2. The van der Waals surface area contributed by atoms with E-state index in [1.165, 1.54) is 4.52 Å². The maximum atomic E-state index is 12.3. The van der Waals surface area contributed by atoms with Crippen LogP contribution in [0.25, 0.3) is 5.52 Å². The molecular formula is C15H11N5O. The summed E-state index contributed by atoms with van der Waals surface area (Å²) in [6.45, 7) is 0. The van der Waals surface area contributed by atoms with Gasteiger partial charge in [-0.15, -0.1) is 0 Å². The summed E-state index contributed by atoms with van der Waals surface area (Å²) < 4.78 is 1.47. The zero-order valence-electron chi connectivity index (χ0n) is 10.9. The summed E-state index contributed by atoms with van der Waals surface area (Å²) in [6, 6.07) is 15.7. The number of aromatic nitrogens is 2. The van der Waals surface area contributed by atoms with Crippen LogP contribution < -0.4 is 11.1 Å². The van der Waals surface area contributed by atoms with Crippen LogP contribution in [0.2, 0.25) is 0 Å². The maximum absolute atomic E-state index is 12.3. The quantitative estimate of drug-likeness (QED) is 0.749. The highest BCUT2D eigenvalue weighted by molar-refractivity contribution is 6.04. The molecule has 0 aliphatic carbocycles. The fraction of sp³-hybridized carbons (Fsp3) is 0. The fourth-order valence-electron chi connectivity index (χ4n) is 2.05. The summed E-state index contributed by atoms with van der Waals surface area (Å²) in [5, 5.41) is 15.9. The van der Waals surface area contributed by atoms with Gasteiger partial charge in [0.05, 0.1) is 16.8 Å². The molecule has 102 valence electrons. The second-order valence-electron chi connectivity index (χ2n) is 4.42. The van der Waals surface area contributed by atoms with E-state index in [0.717, 1.165) is 5.52 Å². The Labute approximate surface area is 120 Å². The average Bonchev–Trinajstić information content (AvgIpc) is 2.90. The molecule has 0 radical (unpaired) electrons. The minimum atomic E-state index is -0.351. The summed E-state index contributed by atoms with van der Waals surface area (Å²) in [5.74, 6) is -0.0269. The Morgan fingerprint density at radius 1 is 1.19 bits per heavy atom. The number of rotatable bonds is 2. The third kappa shape index (κ3) is 2.28. The molecular weight excluding hydrogens is 266 g/mol. The monoisotopic (exact) mass is 277 g/mol. The number of nitriles is 1. The van der Waals surface area contributed by atoms with Crippen molar-refractivity contribution >= 4 is 22.9 Å². The van der Waals surface area contributed by atoms with Gasteiger partial charge in [0.15, 0.2) is 0 Å². The first kappa shape index (κ1) is 12.7. The van der Waals surface area contributed by atoms with Crippen LogP contribution in [0.1, 0.15) is 16.1 Å². The van der Waals surface area contributed by atoms with Gasteiger partial charge in [0.25, 0.3) is 5.91 Å². The van der Waals surface area contributed by atoms with E-state index >= 15 is 0 Å². The Kier molecular flexibility index (Phi) is 3.01. The van der Waals surface area contributed by atoms with Gasteiger partial charge in [-0.25, -0.2) is 4.52 Å². The van der Waals surface area contributed by atoms with Crippen molar-refractivity contribution in [2.75, 3.05) is 11.1 Å². The van der Waals surface area contributed by atoms with Crippen molar-refractivity contribution in [1.29, 1.82) is 5.26 Å². The summed E-state index contributed by atoms with van der Waals surface area (Å²) >= 11 is 0. The Bertz CT molecular complexity index is 875. The van der Waals surface area contributed by atoms with Gasteiger partial charge >= 0.3 is 0 Å². The third-order valence-electron chi connectivity index (χ3n) is 3.05. The molecule has 3 rings (SSSR count). The van der Waals surface area contributed by atoms with Gasteiger partial charge in [0.1, 0.15) is 17.6 Å². The number of para-hydroxylation sites is 1. The van der Waals surface area contributed by atoms with Gasteiger partial charge in [-0.2, -0.15) is 10.4 Å². The van der Waals surface area contributed by atoms with Crippen LogP contribution in [-0.4, -0.2) is 15.5 Å². The van der Waals surface area contributed by atoms with Crippen molar-refractivity contribution in [3.8, 4) is 6.07 Å². The number of hydrogen-bond acceptors (Lipinski definition) is 4. The SMILES string of the molecule is N#Cc1ccccc1NC(=O)c1ccc2ccc(N)nn12. The molecule has 0 spiro atoms. The van der Waals surface area contributed by atoms with Gasteiger partial charge in [-0.05, 0) is 36.4 Å². The molecule has 21 heavy (non-hydrogen) atoms. The van der Waals surface area contributed by atoms with Gasteiger partial charge in [-0.1, -0.05) is 12.1 Å². The molecule has 0 atom stereocenters. The van der Waals surface area contributed by atoms with E-state index in [4.69, 9.17) is 11.0 Å². The Balaban J connectivity index is 1.98. The highest BCUT2D eigenvalue weighted by atomic mass is 16.2. The molecule has 1 aromatic carbocycles. The van der Waals surface area contributed by atoms with Gasteiger partial charge < -0.3 is 11.1 Å². The molecule has 0 saturated carbocycles. The molecule has 0 aliphatic heterocycles. The smallest absolute Gasteiger partial charge is 0.274 e. The van der Waals surface area contributed by atoms with E-state index in [9.17, 15) is 4.79 Å². The summed E-state index contributed by atoms with van der Waals surface area (Å²) in [6.07, 6.45) is 0. The van der Waals surface area contributed by atoms with E-state index in [2.05, 4.69) is 10.4 Å². The van der Waals surface area contributed by atoms with E-state index < -0.39 is 0 Å². The number of nitrogens with two attached hydrogens (primary N) is 1. The van der Waals surface area contributed by atoms with Crippen LogP contribution in [-0.2, 0) is 0 Å². The average molecular weight is 277 g/mol. The van der Waals surface area contributed by atoms with Crippen molar-refractivity contribution in [1.82, 2.24) is 9.61 Å². The Hall–Kier alpha value is -3.33. The van der Waals surface area contributed by atoms with E-state index in [1.54, 1.807) is 48.5 Å². The number of benzene rings is 1. The highest BCUT2D eigenvalue weighted by Crippen LogP contribution is 2.16. The number of nitrogens with zero attached hydrogens (tertiary/aromatic N) is 3. The molecule has 2 aromatic heterocycles. The lowest BCUT2D eigenvalue weighted by Gasteiger charge is -2.07. The van der Waals surface area contributed by atoms with E-state index in [-0.39, 0.29) is 5.91 Å². The highest BCUT2D eigenvalue weighted by Gasteiger charge is 2.13. The van der Waals surface area contributed by atoms with Crippen LogP contribution in [0.3, 0.4) is 0 Å². The largest absolute Gasteiger partial charge is 0.382 e. The minimum absolute atomic E-state index is 0.324. The maximum Gasteiger partial charge on any atom is 0.274 e. The standard InChI is InChI=1S/C15H11N5O/c16-9-10-3-1-2-4-12(10)18-15(21)13-7-5-11-6-8-14(17)19-20(11)13/h1-8H,(H2,17,19)(H,18,21). The molecule has 3 N–H and O–H groups in total. The lowest BCUT2D eigenvalue weighted by Crippen LogP contribution is -2.16. The number of fused-ring (bicyclic) bond motifs is 1. The van der Waals surface area contributed by atoms with Crippen molar-refractivity contribution in [2.24, 2.45) is 0 Å². The van der Waals surface area contributed by atoms with Gasteiger partial charge in [0.2, 0.25) is 0 Å². The molecule has 0 bridgehead atoms. The Morgan fingerprint density at radius 2 is 1.95 bits per heavy atom. The summed E-state index contributed by atoms with van der Waals surface area (Å²) in [5.41, 5.74) is 7.63. The molecule has 3 aromatic rings. The first-order valence-electron chi connectivity index (χ1n) is 6.24. The second-order valence-corrected chi connectivity index (χ2v) is 4.42. The molecule has 0 saturated heterocycles. The third-order valence-corrected chi connectivity index (χ3v) is 3.05. The fourth-order valence-corrected chi connectivity index (χ4v) is 2.05. The Morgan fingerprint density at radius 3 is 2.76 bits per heavy atom. The van der Waals surface area contributed by atoms with Crippen molar-refractivity contribution < 1.29 is 4.79 Å². The predicted octanol–water partition coefficient (Wildman–Crippen LogP) is 2.04. The first-order chi connectivity index (χ1) is 10.2. The van der Waals surface area contributed by atoms with Crippen molar-refractivity contribution in [2.45, 2.75) is 0 Å². The summed E-state index contributed by atoms with van der Waals surface area (Å²) in [7, 11) is 0. The minimum Gasteiger partial charge on any atom is -0.382 e. The van der Waals surface area contributed by atoms with E-state index in [1.807, 2.05) is 6.07 Å². The van der Waals surface area contributed by atoms with Crippen LogP contribution in [0.15, 0.2) is 48.5 Å². The summed E-state index contributed by atoms with van der Waals surface area (Å²) in [4.78, 5) is 12.3. The number of nitrogens with one attached hydrogen (secondary N) is 1. The molecule has 1 amide bonds. The predicted molar refractivity (Wildman–Crippen MR) is 78.7 cm³/mol. The molecule has 0 unspecified atom stereocenters. The lowest BCUT2D eigenvalue weighted by atomic mass is 10.2. The molecule has 2 heterocycles. The number of nitrogen functional groups attached to an aromatic ring is 1. The van der Waals surface area contributed by atoms with Gasteiger partial charge in [-0.3, -0.25) is 4.79 Å². The zero-order chi connectivity index (χ0) is 14.8. The molecule has 0 fully saturated rings. The van der Waals surface area contributed by atoms with E-state index in [0.29, 0.717) is 22.8 Å². The topological polar surface area (TPSA) is 96.2 Å². The van der Waals surface area contributed by atoms with Gasteiger partial charge in [0, 0.05) is 0 Å². The molecule has 6 nitrogen and oxygen atoms in total. The number of hydrogen-bond donors (Lipinski definition) is 2. The number of carbonyl (C=O) groups is 1. The normalized spacial score (nSPS) is 10.2. The lowest BCUT2D eigenvalue weighted by molar-refractivity contribution is 0.102. The number of carbonyl (C=O) groups excluding carboxylic acids is 1. The van der Waals surface area contributed by atoms with Crippen LogP contribution in [0, 0.1) is 11.3 Å². The van der Waals surface area contributed by atoms with Crippen LogP contribution in [0.5, 0.6) is 0 Å². The van der Waals surface area contributed by atoms with Crippen LogP contribution >= 0.6 is 0 Å². The zero-order valence-corrected chi connectivity index (χ0v) is 10.9. The first-order valence-corrected chi connectivity index (χ1v) is 6.24. The molecule has 6 heteroatoms. The number of amides is 1.